The van der Waals surface area contributed by atoms with E-state index in [4.69, 9.17) is 33.7 Å². The van der Waals surface area contributed by atoms with Gasteiger partial charge in [-0.2, -0.15) is 0 Å². The Morgan fingerprint density at radius 2 is 1.57 bits per heavy atom. The second kappa shape index (κ2) is 8.04. The first-order valence-corrected chi connectivity index (χ1v) is 11.7. The summed E-state index contributed by atoms with van der Waals surface area (Å²) < 4.78 is 32.3. The molecule has 0 aliphatic heterocycles. The lowest BCUT2D eigenvalue weighted by Crippen LogP contribution is -2.49. The van der Waals surface area contributed by atoms with Gasteiger partial charge in [-0.1, -0.05) is 35.3 Å². The summed E-state index contributed by atoms with van der Waals surface area (Å²) in [7, 11) is -3.84. The second-order valence-electron chi connectivity index (χ2n) is 8.32. The third kappa shape index (κ3) is 4.44. The zero-order valence-corrected chi connectivity index (χ0v) is 19.2. The largest absolute Gasteiger partial charge is 0.444 e. The Morgan fingerprint density at radius 1 is 1.07 bits per heavy atom. The maximum absolute atomic E-state index is 13.5. The topological polar surface area (TPSA) is 98.5 Å². The lowest BCUT2D eigenvalue weighted by atomic mass is 10.1. The summed E-state index contributed by atoms with van der Waals surface area (Å²) in [6, 6.07) is 12.8. The van der Waals surface area contributed by atoms with Crippen LogP contribution in [0.25, 0.3) is 0 Å². The highest BCUT2D eigenvalue weighted by molar-refractivity contribution is 7.92. The monoisotopic (exact) mass is 470 g/mol. The maximum Gasteiger partial charge on any atom is 0.408 e. The van der Waals surface area contributed by atoms with Gasteiger partial charge in [0.2, 0.25) is 0 Å². The highest BCUT2D eigenvalue weighted by Crippen LogP contribution is 2.57. The summed E-state index contributed by atoms with van der Waals surface area (Å²) in [5, 5.41) is 2.73. The average Bonchev–Trinajstić information content (AvgIpc) is 3.30. The fourth-order valence-electron chi connectivity index (χ4n) is 3.71. The van der Waals surface area contributed by atoms with Crippen molar-refractivity contribution >= 4 is 39.1 Å². The van der Waals surface area contributed by atoms with E-state index in [0.29, 0.717) is 15.6 Å². The van der Waals surface area contributed by atoms with Crippen LogP contribution in [-0.2, 0) is 14.6 Å². The van der Waals surface area contributed by atoms with Crippen molar-refractivity contribution in [1.29, 1.82) is 0 Å². The number of nitrogens with two attached hydrogens (primary N) is 1. The molecule has 1 saturated carbocycles. The van der Waals surface area contributed by atoms with Crippen LogP contribution in [0, 0.1) is 0 Å². The standard InChI is InChI=1S/C21H24Cl2N2O4S/c1-20(2,3)29-19(26)25-21(12-24)17(13-4-6-14(22)7-5-13)18(21)30(27,28)16-10-8-15(23)9-11-16/h4-11,17-18H,12,24H2,1-3H3,(H,25,26)/t17-,18+,21+/m1/s1. The van der Waals surface area contributed by atoms with E-state index in [-0.39, 0.29) is 11.4 Å². The van der Waals surface area contributed by atoms with Crippen molar-refractivity contribution in [3.63, 3.8) is 0 Å². The number of carbonyl (C=O) groups is 1. The van der Waals surface area contributed by atoms with Crippen LogP contribution < -0.4 is 11.1 Å². The zero-order valence-electron chi connectivity index (χ0n) is 16.9. The fourth-order valence-corrected chi connectivity index (χ4v) is 6.31. The van der Waals surface area contributed by atoms with Crippen LogP contribution in [0.1, 0.15) is 32.3 Å². The number of sulfone groups is 1. The first kappa shape index (κ1) is 22.9. The van der Waals surface area contributed by atoms with Gasteiger partial charge in [-0.15, -0.1) is 0 Å². The molecule has 0 aromatic heterocycles. The summed E-state index contributed by atoms with van der Waals surface area (Å²) in [6.45, 7) is 5.10. The molecular weight excluding hydrogens is 447 g/mol. The first-order valence-electron chi connectivity index (χ1n) is 9.37. The Kier molecular flexibility index (Phi) is 6.13. The summed E-state index contributed by atoms with van der Waals surface area (Å²) in [6.07, 6.45) is -0.722. The van der Waals surface area contributed by atoms with Gasteiger partial charge in [-0.3, -0.25) is 0 Å². The van der Waals surface area contributed by atoms with Crippen molar-refractivity contribution < 1.29 is 17.9 Å². The second-order valence-corrected chi connectivity index (χ2v) is 11.3. The lowest BCUT2D eigenvalue weighted by molar-refractivity contribution is 0.0497. The number of halogens is 2. The van der Waals surface area contributed by atoms with Gasteiger partial charge in [-0.05, 0) is 62.7 Å². The Balaban J connectivity index is 2.03. The van der Waals surface area contributed by atoms with E-state index in [0.717, 1.165) is 0 Å². The number of ether oxygens (including phenoxy) is 1. The van der Waals surface area contributed by atoms with Gasteiger partial charge in [0.25, 0.3) is 0 Å². The minimum atomic E-state index is -3.84. The number of alkyl carbamates (subject to hydrolysis) is 1. The molecule has 6 nitrogen and oxygen atoms in total. The van der Waals surface area contributed by atoms with Gasteiger partial charge in [0.15, 0.2) is 9.84 Å². The highest BCUT2D eigenvalue weighted by atomic mass is 35.5. The van der Waals surface area contributed by atoms with E-state index in [1.165, 1.54) is 24.3 Å². The van der Waals surface area contributed by atoms with E-state index < -0.39 is 38.2 Å². The molecule has 0 radical (unpaired) electrons. The molecule has 0 spiro atoms. The predicted molar refractivity (Wildman–Crippen MR) is 118 cm³/mol. The quantitative estimate of drug-likeness (QED) is 0.683. The molecule has 1 aliphatic rings. The molecule has 0 bridgehead atoms. The number of amides is 1. The Labute approximate surface area is 186 Å². The Bertz CT molecular complexity index is 1030. The molecule has 3 rings (SSSR count). The third-order valence-corrected chi connectivity index (χ3v) is 7.83. The van der Waals surface area contributed by atoms with Crippen molar-refractivity contribution in [2.45, 2.75) is 48.0 Å². The molecule has 1 amide bonds. The summed E-state index contributed by atoms with van der Waals surface area (Å²) in [5.41, 5.74) is 4.80. The molecule has 30 heavy (non-hydrogen) atoms. The molecule has 2 aromatic carbocycles. The van der Waals surface area contributed by atoms with Crippen LogP contribution in [-0.4, -0.2) is 37.4 Å². The molecular formula is C21H24Cl2N2O4S. The summed E-state index contributed by atoms with van der Waals surface area (Å²) in [5.74, 6) is -0.562. The van der Waals surface area contributed by atoms with Crippen LogP contribution >= 0.6 is 23.2 Å². The van der Waals surface area contributed by atoms with Gasteiger partial charge in [0.1, 0.15) is 10.9 Å². The van der Waals surface area contributed by atoms with Crippen molar-refractivity contribution in [2.75, 3.05) is 6.54 Å². The van der Waals surface area contributed by atoms with Gasteiger partial charge >= 0.3 is 6.09 Å². The number of benzene rings is 2. The van der Waals surface area contributed by atoms with Crippen molar-refractivity contribution in [3.8, 4) is 0 Å². The van der Waals surface area contributed by atoms with E-state index in [1.807, 2.05) is 0 Å². The van der Waals surface area contributed by atoms with E-state index in [2.05, 4.69) is 5.32 Å². The van der Waals surface area contributed by atoms with Gasteiger partial charge in [0.05, 0.1) is 10.4 Å². The molecule has 3 N–H and O–H groups in total. The normalized spacial score (nSPS) is 23.7. The number of hydrogen-bond acceptors (Lipinski definition) is 5. The summed E-state index contributed by atoms with van der Waals surface area (Å²) >= 11 is 11.9. The number of rotatable bonds is 5. The van der Waals surface area contributed by atoms with Crippen LogP contribution in [0.5, 0.6) is 0 Å². The third-order valence-electron chi connectivity index (χ3n) is 5.03. The van der Waals surface area contributed by atoms with Crippen LogP contribution in [0.4, 0.5) is 4.79 Å². The van der Waals surface area contributed by atoms with Crippen LogP contribution in [0.3, 0.4) is 0 Å². The molecule has 1 fully saturated rings. The van der Waals surface area contributed by atoms with Gasteiger partial charge < -0.3 is 15.8 Å². The van der Waals surface area contributed by atoms with Crippen molar-refractivity contribution in [3.05, 3.63) is 64.1 Å². The van der Waals surface area contributed by atoms with E-state index in [9.17, 15) is 13.2 Å². The molecule has 2 aromatic rings. The lowest BCUT2D eigenvalue weighted by Gasteiger charge is -2.24. The summed E-state index contributed by atoms with van der Waals surface area (Å²) in [4.78, 5) is 12.6. The average molecular weight is 471 g/mol. The van der Waals surface area contributed by atoms with Gasteiger partial charge in [0, 0.05) is 22.5 Å². The van der Waals surface area contributed by atoms with Crippen LogP contribution in [0.2, 0.25) is 10.0 Å². The molecule has 1 aliphatic carbocycles. The van der Waals surface area contributed by atoms with E-state index in [1.54, 1.807) is 45.0 Å². The smallest absolute Gasteiger partial charge is 0.408 e. The SMILES string of the molecule is CC(C)(C)OC(=O)N[C@@]1(CN)[C@H](c2ccc(Cl)cc2)[C@@H]1S(=O)(=O)c1ccc(Cl)cc1. The number of nitrogens with one attached hydrogen (secondary N) is 1. The van der Waals surface area contributed by atoms with Crippen LogP contribution in [0.15, 0.2) is 53.4 Å². The van der Waals surface area contributed by atoms with Crippen molar-refractivity contribution in [2.24, 2.45) is 5.73 Å². The molecule has 0 saturated heterocycles. The minimum Gasteiger partial charge on any atom is -0.444 e. The highest BCUT2D eigenvalue weighted by Gasteiger charge is 2.71. The zero-order chi connectivity index (χ0) is 22.3. The minimum absolute atomic E-state index is 0.0863. The fraction of sp³-hybridized carbons (Fsp3) is 0.381. The molecule has 162 valence electrons. The predicted octanol–water partition coefficient (Wildman–Crippen LogP) is 4.16. The first-order chi connectivity index (χ1) is 13.9. The molecule has 0 heterocycles. The molecule has 3 atom stereocenters. The molecule has 9 heteroatoms. The number of carbonyl (C=O) groups excluding carboxylic acids is 1. The molecule has 0 unspecified atom stereocenters. The van der Waals surface area contributed by atoms with Crippen molar-refractivity contribution in [1.82, 2.24) is 5.32 Å². The van der Waals surface area contributed by atoms with Gasteiger partial charge in [-0.25, -0.2) is 13.2 Å². The van der Waals surface area contributed by atoms with E-state index >= 15 is 0 Å². The number of hydrogen-bond donors (Lipinski definition) is 2. The Morgan fingerprint density at radius 3 is 2.03 bits per heavy atom. The maximum atomic E-state index is 13.5. The Hall–Kier alpha value is -1.80.